The zero-order valence-corrected chi connectivity index (χ0v) is 15.6. The van der Waals surface area contributed by atoms with E-state index in [1.807, 2.05) is 6.07 Å². The Morgan fingerprint density at radius 2 is 2.28 bits per heavy atom. The van der Waals surface area contributed by atoms with Crippen molar-refractivity contribution >= 4 is 5.82 Å². The summed E-state index contributed by atoms with van der Waals surface area (Å²) in [5.74, 6) is 1.52. The molecule has 2 fully saturated rings. The first-order valence-electron chi connectivity index (χ1n) is 9.08. The first kappa shape index (κ1) is 18.4. The van der Waals surface area contributed by atoms with Gasteiger partial charge in [-0.15, -0.1) is 0 Å². The van der Waals surface area contributed by atoms with E-state index in [-0.39, 0.29) is 11.5 Å². The first-order chi connectivity index (χ1) is 12.1. The van der Waals surface area contributed by atoms with E-state index in [2.05, 4.69) is 33.9 Å². The van der Waals surface area contributed by atoms with Gasteiger partial charge >= 0.3 is 0 Å². The SMILES string of the molecule is COc1cc(N2CCC3OCCCC3(COCCN(C)C)C2)ncn1. The molecule has 0 saturated carbocycles. The monoisotopic (exact) mass is 350 g/mol. The van der Waals surface area contributed by atoms with Gasteiger partial charge in [-0.25, -0.2) is 9.97 Å². The zero-order chi connectivity index (χ0) is 17.7. The Hall–Kier alpha value is -1.44. The highest BCUT2D eigenvalue weighted by Crippen LogP contribution is 2.41. The van der Waals surface area contributed by atoms with Gasteiger partial charge in [-0.1, -0.05) is 0 Å². The van der Waals surface area contributed by atoms with E-state index in [0.29, 0.717) is 5.88 Å². The summed E-state index contributed by atoms with van der Waals surface area (Å²) in [5.41, 5.74) is 0.0427. The minimum Gasteiger partial charge on any atom is -0.481 e. The lowest BCUT2D eigenvalue weighted by Crippen LogP contribution is -2.57. The van der Waals surface area contributed by atoms with Crippen LogP contribution in [0.4, 0.5) is 5.82 Å². The van der Waals surface area contributed by atoms with Crippen molar-refractivity contribution in [1.82, 2.24) is 14.9 Å². The molecule has 2 unspecified atom stereocenters. The van der Waals surface area contributed by atoms with Gasteiger partial charge < -0.3 is 24.0 Å². The quantitative estimate of drug-likeness (QED) is 0.690. The Labute approximate surface area is 150 Å². The van der Waals surface area contributed by atoms with Crippen molar-refractivity contribution in [2.75, 3.05) is 65.6 Å². The molecule has 7 nitrogen and oxygen atoms in total. The highest BCUT2D eigenvalue weighted by atomic mass is 16.5. The maximum atomic E-state index is 6.12. The predicted octanol–water partition coefficient (Wildman–Crippen LogP) is 1.44. The summed E-state index contributed by atoms with van der Waals surface area (Å²) < 4.78 is 17.4. The van der Waals surface area contributed by atoms with Crippen LogP contribution in [0.3, 0.4) is 0 Å². The first-order valence-corrected chi connectivity index (χ1v) is 9.08. The van der Waals surface area contributed by atoms with Crippen molar-refractivity contribution in [2.45, 2.75) is 25.4 Å². The van der Waals surface area contributed by atoms with Gasteiger partial charge in [0, 0.05) is 37.7 Å². The van der Waals surface area contributed by atoms with E-state index in [1.54, 1.807) is 13.4 Å². The van der Waals surface area contributed by atoms with Crippen LogP contribution in [0.15, 0.2) is 12.4 Å². The van der Waals surface area contributed by atoms with Crippen molar-refractivity contribution < 1.29 is 14.2 Å². The van der Waals surface area contributed by atoms with E-state index in [4.69, 9.17) is 14.2 Å². The summed E-state index contributed by atoms with van der Waals surface area (Å²) in [6, 6.07) is 1.91. The highest BCUT2D eigenvalue weighted by Gasteiger charge is 2.46. The fourth-order valence-corrected chi connectivity index (χ4v) is 3.83. The van der Waals surface area contributed by atoms with Gasteiger partial charge in [0.25, 0.3) is 0 Å². The van der Waals surface area contributed by atoms with Crippen molar-refractivity contribution in [1.29, 1.82) is 0 Å². The standard InChI is InChI=1S/C18H30N4O3/c1-21(2)8-10-24-13-18-6-4-9-25-15(18)5-7-22(12-18)16-11-17(23-3)20-14-19-16/h11,14-15H,4-10,12-13H2,1-3H3. The Morgan fingerprint density at radius 1 is 1.40 bits per heavy atom. The summed E-state index contributed by atoms with van der Waals surface area (Å²) in [6.07, 6.45) is 5.08. The molecule has 0 amide bonds. The minimum atomic E-state index is 0.0427. The number of fused-ring (bicyclic) bond motifs is 1. The number of hydrogen-bond acceptors (Lipinski definition) is 7. The Morgan fingerprint density at radius 3 is 3.08 bits per heavy atom. The van der Waals surface area contributed by atoms with Crippen molar-refractivity contribution in [2.24, 2.45) is 5.41 Å². The number of methoxy groups -OCH3 is 1. The van der Waals surface area contributed by atoms with Crippen LogP contribution in [0.2, 0.25) is 0 Å². The zero-order valence-electron chi connectivity index (χ0n) is 15.6. The van der Waals surface area contributed by atoms with Gasteiger partial charge in [0.05, 0.1) is 26.4 Å². The molecule has 0 bridgehead atoms. The molecule has 1 aromatic heterocycles. The largest absolute Gasteiger partial charge is 0.481 e. The number of ether oxygens (including phenoxy) is 3. The maximum Gasteiger partial charge on any atom is 0.218 e. The number of rotatable bonds is 7. The molecular formula is C18H30N4O3. The summed E-state index contributed by atoms with van der Waals surface area (Å²) in [6.45, 7) is 5.14. The van der Waals surface area contributed by atoms with Gasteiger partial charge in [0.1, 0.15) is 12.1 Å². The number of hydrogen-bond donors (Lipinski definition) is 0. The molecule has 25 heavy (non-hydrogen) atoms. The molecule has 2 aliphatic rings. The second kappa shape index (κ2) is 8.29. The fourth-order valence-electron chi connectivity index (χ4n) is 3.83. The molecule has 2 aliphatic heterocycles. The lowest BCUT2D eigenvalue weighted by molar-refractivity contribution is -0.125. The molecule has 2 saturated heterocycles. The van der Waals surface area contributed by atoms with Gasteiger partial charge in [-0.3, -0.25) is 0 Å². The molecule has 3 rings (SSSR count). The third kappa shape index (κ3) is 4.40. The molecule has 0 N–H and O–H groups in total. The second-order valence-corrected chi connectivity index (χ2v) is 7.31. The molecule has 0 radical (unpaired) electrons. The van der Waals surface area contributed by atoms with Crippen LogP contribution in [0.1, 0.15) is 19.3 Å². The molecule has 0 aromatic carbocycles. The van der Waals surface area contributed by atoms with Gasteiger partial charge in [0.15, 0.2) is 0 Å². The summed E-state index contributed by atoms with van der Waals surface area (Å²) in [7, 11) is 5.77. The van der Waals surface area contributed by atoms with Crippen molar-refractivity contribution in [3.8, 4) is 5.88 Å². The third-order valence-electron chi connectivity index (χ3n) is 5.22. The van der Waals surface area contributed by atoms with E-state index < -0.39 is 0 Å². The molecule has 140 valence electrons. The molecule has 1 aromatic rings. The maximum absolute atomic E-state index is 6.12. The predicted molar refractivity (Wildman–Crippen MR) is 96.2 cm³/mol. The van der Waals surface area contributed by atoms with E-state index in [0.717, 1.165) is 64.5 Å². The molecule has 0 aliphatic carbocycles. The van der Waals surface area contributed by atoms with E-state index >= 15 is 0 Å². The van der Waals surface area contributed by atoms with Crippen LogP contribution >= 0.6 is 0 Å². The Bertz CT molecular complexity index is 557. The lowest BCUT2D eigenvalue weighted by atomic mass is 9.73. The average molecular weight is 350 g/mol. The van der Waals surface area contributed by atoms with Crippen LogP contribution in [0.25, 0.3) is 0 Å². The highest BCUT2D eigenvalue weighted by molar-refractivity contribution is 5.42. The molecular weight excluding hydrogens is 320 g/mol. The number of likely N-dealkylation sites (N-methyl/N-ethyl adjacent to an activating group) is 1. The van der Waals surface area contributed by atoms with Gasteiger partial charge in [0.2, 0.25) is 5.88 Å². The molecule has 0 spiro atoms. The fraction of sp³-hybridized carbons (Fsp3) is 0.778. The topological polar surface area (TPSA) is 60.0 Å². The van der Waals surface area contributed by atoms with Gasteiger partial charge in [-0.05, 0) is 33.4 Å². The van der Waals surface area contributed by atoms with Crippen molar-refractivity contribution in [3.05, 3.63) is 12.4 Å². The smallest absolute Gasteiger partial charge is 0.218 e. The normalized spacial score (nSPS) is 26.6. The average Bonchev–Trinajstić information content (AvgIpc) is 2.64. The van der Waals surface area contributed by atoms with Gasteiger partial charge in [-0.2, -0.15) is 0 Å². The Balaban J connectivity index is 1.70. The summed E-state index contributed by atoms with van der Waals surface area (Å²) >= 11 is 0. The second-order valence-electron chi connectivity index (χ2n) is 7.31. The molecule has 7 heteroatoms. The number of piperidine rings is 1. The van der Waals surface area contributed by atoms with Crippen molar-refractivity contribution in [3.63, 3.8) is 0 Å². The Kier molecular flexibility index (Phi) is 6.09. The number of aromatic nitrogens is 2. The van der Waals surface area contributed by atoms with Crippen LogP contribution < -0.4 is 9.64 Å². The van der Waals surface area contributed by atoms with E-state index in [9.17, 15) is 0 Å². The molecule has 2 atom stereocenters. The number of anilines is 1. The van der Waals surface area contributed by atoms with Crippen LogP contribution in [-0.2, 0) is 9.47 Å². The van der Waals surface area contributed by atoms with E-state index in [1.165, 1.54) is 0 Å². The number of nitrogens with zero attached hydrogens (tertiary/aromatic N) is 4. The molecule has 3 heterocycles. The lowest BCUT2D eigenvalue weighted by Gasteiger charge is -2.50. The van der Waals surface area contributed by atoms with Crippen LogP contribution in [0.5, 0.6) is 5.88 Å². The minimum absolute atomic E-state index is 0.0427. The van der Waals surface area contributed by atoms with Crippen LogP contribution in [-0.4, -0.2) is 81.6 Å². The summed E-state index contributed by atoms with van der Waals surface area (Å²) in [4.78, 5) is 13.0. The third-order valence-corrected chi connectivity index (χ3v) is 5.22. The summed E-state index contributed by atoms with van der Waals surface area (Å²) in [5, 5.41) is 0. The van der Waals surface area contributed by atoms with Crippen LogP contribution in [0, 0.1) is 5.41 Å².